The summed E-state index contributed by atoms with van der Waals surface area (Å²) in [6.07, 6.45) is 0. The largest absolute Gasteiger partial charge is 0.497 e. The molecule has 1 N–H and O–H groups in total. The maximum Gasteiger partial charge on any atom is 0.289 e. The summed E-state index contributed by atoms with van der Waals surface area (Å²) in [5.74, 6) is 0.839. The molecule has 9 nitrogen and oxygen atoms in total. The highest BCUT2D eigenvalue weighted by Gasteiger charge is 2.21. The molecule has 168 valence electrons. The van der Waals surface area contributed by atoms with Crippen molar-refractivity contribution in [3.63, 3.8) is 0 Å². The van der Waals surface area contributed by atoms with Crippen LogP contribution in [0, 0.1) is 10.1 Å². The lowest BCUT2D eigenvalue weighted by molar-refractivity contribution is -0.384. The Morgan fingerprint density at radius 1 is 1.03 bits per heavy atom. The van der Waals surface area contributed by atoms with Gasteiger partial charge in [0.05, 0.1) is 22.3 Å². The van der Waals surface area contributed by atoms with Gasteiger partial charge in [-0.25, -0.2) is 8.42 Å². The van der Waals surface area contributed by atoms with Crippen LogP contribution in [0.25, 0.3) is 22.3 Å². The Morgan fingerprint density at radius 3 is 2.42 bits per heavy atom. The van der Waals surface area contributed by atoms with Crippen molar-refractivity contribution in [2.75, 3.05) is 11.8 Å². The van der Waals surface area contributed by atoms with Gasteiger partial charge in [0.1, 0.15) is 22.1 Å². The number of anilines is 1. The molecule has 4 rings (SSSR count). The van der Waals surface area contributed by atoms with Gasteiger partial charge in [0.15, 0.2) is 5.43 Å². The quantitative estimate of drug-likeness (QED) is 0.305. The smallest absolute Gasteiger partial charge is 0.289 e. The van der Waals surface area contributed by atoms with Crippen LogP contribution in [-0.4, -0.2) is 20.5 Å². The second-order valence-electron chi connectivity index (χ2n) is 6.89. The van der Waals surface area contributed by atoms with Gasteiger partial charge in [0.25, 0.3) is 15.7 Å². The predicted molar refractivity (Wildman–Crippen MR) is 123 cm³/mol. The van der Waals surface area contributed by atoms with Crippen LogP contribution < -0.4 is 14.9 Å². The lowest BCUT2D eigenvalue weighted by Gasteiger charge is -2.09. The molecule has 0 saturated heterocycles. The van der Waals surface area contributed by atoms with Crippen molar-refractivity contribution in [1.82, 2.24) is 0 Å². The normalized spacial score (nSPS) is 11.3. The zero-order valence-corrected chi connectivity index (χ0v) is 18.5. The fourth-order valence-corrected chi connectivity index (χ4v) is 4.39. The summed E-state index contributed by atoms with van der Waals surface area (Å²) in [4.78, 5) is 22.5. The molecule has 0 aliphatic carbocycles. The second-order valence-corrected chi connectivity index (χ2v) is 8.98. The van der Waals surface area contributed by atoms with Crippen molar-refractivity contribution in [3.8, 4) is 17.1 Å². The number of nitro benzene ring substituents is 1. The Balaban J connectivity index is 1.62. The zero-order valence-electron chi connectivity index (χ0n) is 16.9. The number of benzene rings is 3. The first-order valence-corrected chi connectivity index (χ1v) is 11.2. The molecule has 0 saturated carbocycles. The van der Waals surface area contributed by atoms with Gasteiger partial charge in [0.2, 0.25) is 0 Å². The molecule has 0 bridgehead atoms. The van der Waals surface area contributed by atoms with Crippen LogP contribution in [0.4, 0.5) is 11.4 Å². The van der Waals surface area contributed by atoms with Crippen molar-refractivity contribution >= 4 is 44.0 Å². The van der Waals surface area contributed by atoms with Crippen LogP contribution in [-0.2, 0) is 10.0 Å². The number of nitro groups is 1. The average Bonchev–Trinajstić information content (AvgIpc) is 2.79. The van der Waals surface area contributed by atoms with Gasteiger partial charge in [-0.15, -0.1) is 0 Å². The molecule has 0 amide bonds. The van der Waals surface area contributed by atoms with Crippen LogP contribution in [0.2, 0.25) is 5.02 Å². The summed E-state index contributed by atoms with van der Waals surface area (Å²) < 4.78 is 38.6. The molecule has 0 unspecified atom stereocenters. The van der Waals surface area contributed by atoms with Crippen molar-refractivity contribution < 1.29 is 22.5 Å². The van der Waals surface area contributed by atoms with Crippen molar-refractivity contribution in [2.24, 2.45) is 0 Å². The first-order chi connectivity index (χ1) is 15.7. The number of rotatable bonds is 6. The highest BCUT2D eigenvalue weighted by molar-refractivity contribution is 7.92. The molecule has 0 fully saturated rings. The fraction of sp³-hybridized carbons (Fsp3) is 0.0455. The molecule has 1 heterocycles. The van der Waals surface area contributed by atoms with E-state index in [1.807, 2.05) is 0 Å². The maximum absolute atomic E-state index is 12.6. The summed E-state index contributed by atoms with van der Waals surface area (Å²) in [5, 5.41) is 11.2. The summed E-state index contributed by atoms with van der Waals surface area (Å²) in [6.45, 7) is 0. The Hall–Kier alpha value is -3.89. The first kappa shape index (κ1) is 22.3. The van der Waals surface area contributed by atoms with E-state index in [1.165, 1.54) is 31.4 Å². The van der Waals surface area contributed by atoms with E-state index in [2.05, 4.69) is 4.72 Å². The van der Waals surface area contributed by atoms with Crippen molar-refractivity contribution in [1.29, 1.82) is 0 Å². The third-order valence-electron chi connectivity index (χ3n) is 4.78. The molecule has 3 aromatic carbocycles. The van der Waals surface area contributed by atoms with Gasteiger partial charge < -0.3 is 9.15 Å². The summed E-state index contributed by atoms with van der Waals surface area (Å²) >= 11 is 5.75. The van der Waals surface area contributed by atoms with E-state index in [-0.39, 0.29) is 21.0 Å². The van der Waals surface area contributed by atoms with Crippen LogP contribution in [0.1, 0.15) is 0 Å². The number of fused-ring (bicyclic) bond motifs is 1. The highest BCUT2D eigenvalue weighted by Crippen LogP contribution is 2.29. The Morgan fingerprint density at radius 2 is 1.76 bits per heavy atom. The number of hydrogen-bond donors (Lipinski definition) is 1. The Labute approximate surface area is 192 Å². The second kappa shape index (κ2) is 8.57. The summed E-state index contributed by atoms with van der Waals surface area (Å²) in [5.41, 5.74) is 0.379. The number of sulfonamides is 1. The Kier molecular flexibility index (Phi) is 5.79. The van der Waals surface area contributed by atoms with E-state index in [9.17, 15) is 23.3 Å². The number of nitrogens with zero attached hydrogens (tertiary/aromatic N) is 1. The first-order valence-electron chi connectivity index (χ1n) is 9.37. The van der Waals surface area contributed by atoms with Gasteiger partial charge in [-0.05, 0) is 54.6 Å². The number of methoxy groups -OCH3 is 1. The molecule has 0 spiro atoms. The standard InChI is InChI=1S/C22H15ClN2O7S/c1-31-15-6-9-21-17(10-15)20(26)12-22(32-21)13-2-4-14(5-3-13)24-33(29,30)16-7-8-18(23)19(11-16)25(27)28/h2-12,24H,1H3. The molecular formula is C22H15ClN2O7S. The van der Waals surface area contributed by atoms with E-state index in [4.69, 9.17) is 20.8 Å². The van der Waals surface area contributed by atoms with Crippen LogP contribution in [0.3, 0.4) is 0 Å². The number of ether oxygens (including phenoxy) is 1. The van der Waals surface area contributed by atoms with E-state index in [1.54, 1.807) is 30.3 Å². The highest BCUT2D eigenvalue weighted by atomic mass is 35.5. The minimum Gasteiger partial charge on any atom is -0.497 e. The van der Waals surface area contributed by atoms with Gasteiger partial charge in [-0.1, -0.05) is 11.6 Å². The fourth-order valence-electron chi connectivity index (χ4n) is 3.12. The lowest BCUT2D eigenvalue weighted by atomic mass is 10.1. The number of nitrogens with one attached hydrogen (secondary N) is 1. The van der Waals surface area contributed by atoms with Gasteiger partial charge in [0, 0.05) is 23.4 Å². The van der Waals surface area contributed by atoms with Crippen molar-refractivity contribution in [2.45, 2.75) is 4.90 Å². The summed E-state index contributed by atoms with van der Waals surface area (Å²) in [6, 6.07) is 15.6. The minimum absolute atomic E-state index is 0.168. The lowest BCUT2D eigenvalue weighted by Crippen LogP contribution is -2.13. The van der Waals surface area contributed by atoms with Crippen LogP contribution >= 0.6 is 11.6 Å². The van der Waals surface area contributed by atoms with Gasteiger partial charge in [-0.3, -0.25) is 19.6 Å². The molecule has 0 aliphatic heterocycles. The molecule has 4 aromatic rings. The molecular weight excluding hydrogens is 472 g/mol. The number of hydrogen-bond acceptors (Lipinski definition) is 7. The van der Waals surface area contributed by atoms with E-state index >= 15 is 0 Å². The SMILES string of the molecule is COc1ccc2oc(-c3ccc(NS(=O)(=O)c4ccc(Cl)c([N+](=O)[O-])c4)cc3)cc(=O)c2c1. The van der Waals surface area contributed by atoms with Gasteiger partial charge >= 0.3 is 0 Å². The molecule has 0 radical (unpaired) electrons. The third kappa shape index (κ3) is 4.52. The topological polar surface area (TPSA) is 129 Å². The Bertz CT molecular complexity index is 1550. The molecule has 1 aromatic heterocycles. The summed E-state index contributed by atoms with van der Waals surface area (Å²) in [7, 11) is -2.60. The van der Waals surface area contributed by atoms with Gasteiger partial charge in [-0.2, -0.15) is 0 Å². The van der Waals surface area contributed by atoms with Crippen molar-refractivity contribution in [3.05, 3.63) is 92.1 Å². The molecule has 0 aliphatic rings. The van der Waals surface area contributed by atoms with Crippen LogP contribution in [0.15, 0.2) is 80.8 Å². The number of halogens is 1. The third-order valence-corrected chi connectivity index (χ3v) is 6.48. The van der Waals surface area contributed by atoms with Crippen LogP contribution in [0.5, 0.6) is 5.75 Å². The van der Waals surface area contributed by atoms with E-state index in [0.717, 1.165) is 12.1 Å². The zero-order chi connectivity index (χ0) is 23.8. The van der Waals surface area contributed by atoms with E-state index in [0.29, 0.717) is 28.0 Å². The molecule has 0 atom stereocenters. The minimum atomic E-state index is -4.10. The average molecular weight is 487 g/mol. The molecule has 11 heteroatoms. The molecule has 33 heavy (non-hydrogen) atoms. The van der Waals surface area contributed by atoms with E-state index < -0.39 is 20.6 Å². The maximum atomic E-state index is 12.6. The monoisotopic (exact) mass is 486 g/mol. The predicted octanol–water partition coefficient (Wildman–Crippen LogP) is 4.83.